The molecule has 1 amide bonds. The SMILES string of the molecule is CCS(=O)(=O)c1ccccc1C(=O)OCC(=O)N1CCC[C@@H]2CCCC[C@H]21. The van der Waals surface area contributed by atoms with Gasteiger partial charge in [0.05, 0.1) is 16.2 Å². The summed E-state index contributed by atoms with van der Waals surface area (Å²) in [5.41, 5.74) is -0.0127. The first kappa shape index (κ1) is 19.9. The first-order valence-electron chi connectivity index (χ1n) is 9.72. The van der Waals surface area contributed by atoms with E-state index in [-0.39, 0.29) is 34.8 Å². The molecule has 0 radical (unpaired) electrons. The summed E-state index contributed by atoms with van der Waals surface area (Å²) in [6.07, 6.45) is 6.68. The van der Waals surface area contributed by atoms with Crippen LogP contribution in [0.2, 0.25) is 0 Å². The smallest absolute Gasteiger partial charge is 0.339 e. The van der Waals surface area contributed by atoms with Crippen LogP contribution in [0.15, 0.2) is 29.2 Å². The molecule has 6 nitrogen and oxygen atoms in total. The molecule has 2 aliphatic rings. The lowest BCUT2D eigenvalue weighted by Gasteiger charge is -2.44. The minimum Gasteiger partial charge on any atom is -0.452 e. The second kappa shape index (κ2) is 8.42. The van der Waals surface area contributed by atoms with E-state index in [4.69, 9.17) is 4.74 Å². The van der Waals surface area contributed by atoms with Crippen molar-refractivity contribution in [1.29, 1.82) is 0 Å². The van der Waals surface area contributed by atoms with Crippen LogP contribution in [-0.4, -0.2) is 50.1 Å². The van der Waals surface area contributed by atoms with Crippen molar-refractivity contribution in [2.75, 3.05) is 18.9 Å². The summed E-state index contributed by atoms with van der Waals surface area (Å²) < 4.78 is 29.6. The Bertz CT molecular complexity index is 802. The van der Waals surface area contributed by atoms with E-state index in [0.29, 0.717) is 12.5 Å². The Hall–Kier alpha value is -1.89. The Balaban J connectivity index is 1.67. The second-order valence-corrected chi connectivity index (χ2v) is 9.56. The highest BCUT2D eigenvalue weighted by Crippen LogP contribution is 2.35. The normalized spacial score (nSPS) is 22.8. The fraction of sp³-hybridized carbons (Fsp3) is 0.600. The zero-order valence-corrected chi connectivity index (χ0v) is 16.5. The number of nitrogens with zero attached hydrogens (tertiary/aromatic N) is 1. The van der Waals surface area contributed by atoms with Gasteiger partial charge in [-0.2, -0.15) is 0 Å². The van der Waals surface area contributed by atoms with E-state index in [1.165, 1.54) is 25.5 Å². The number of benzene rings is 1. The fourth-order valence-corrected chi connectivity index (χ4v) is 5.37. The zero-order chi connectivity index (χ0) is 19.4. The van der Waals surface area contributed by atoms with Crippen LogP contribution in [0.5, 0.6) is 0 Å². The lowest BCUT2D eigenvalue weighted by Crippen LogP contribution is -2.50. The summed E-state index contributed by atoms with van der Waals surface area (Å²) >= 11 is 0. The lowest BCUT2D eigenvalue weighted by atomic mass is 9.78. The second-order valence-electron chi connectivity index (χ2n) is 7.32. The summed E-state index contributed by atoms with van der Waals surface area (Å²) in [5, 5.41) is 0. The highest BCUT2D eigenvalue weighted by Gasteiger charge is 2.36. The van der Waals surface area contributed by atoms with Crippen molar-refractivity contribution >= 4 is 21.7 Å². The van der Waals surface area contributed by atoms with Crippen LogP contribution < -0.4 is 0 Å². The van der Waals surface area contributed by atoms with Gasteiger partial charge in [0.2, 0.25) is 0 Å². The van der Waals surface area contributed by atoms with Crippen molar-refractivity contribution in [3.05, 3.63) is 29.8 Å². The van der Waals surface area contributed by atoms with Crippen molar-refractivity contribution in [1.82, 2.24) is 4.90 Å². The van der Waals surface area contributed by atoms with Gasteiger partial charge in [0.25, 0.3) is 5.91 Å². The van der Waals surface area contributed by atoms with Gasteiger partial charge in [-0.05, 0) is 43.7 Å². The number of piperidine rings is 1. The summed E-state index contributed by atoms with van der Waals surface area (Å²) in [6, 6.07) is 6.24. The molecule has 0 spiro atoms. The highest BCUT2D eigenvalue weighted by atomic mass is 32.2. The molecule has 1 aliphatic carbocycles. The first-order chi connectivity index (χ1) is 12.9. The van der Waals surface area contributed by atoms with E-state index in [9.17, 15) is 18.0 Å². The molecule has 2 atom stereocenters. The monoisotopic (exact) mass is 393 g/mol. The molecule has 1 heterocycles. The number of sulfone groups is 1. The van der Waals surface area contributed by atoms with Crippen LogP contribution in [0.3, 0.4) is 0 Å². The minimum absolute atomic E-state index is 0.0127. The topological polar surface area (TPSA) is 80.7 Å². The maximum Gasteiger partial charge on any atom is 0.339 e. The van der Waals surface area contributed by atoms with Gasteiger partial charge in [0.1, 0.15) is 0 Å². The van der Waals surface area contributed by atoms with Crippen LogP contribution in [0.1, 0.15) is 55.8 Å². The molecule has 1 aromatic carbocycles. The van der Waals surface area contributed by atoms with E-state index < -0.39 is 15.8 Å². The molecule has 1 aromatic rings. The average molecular weight is 394 g/mol. The third-order valence-corrected chi connectivity index (χ3v) is 7.50. The Morgan fingerprint density at radius 1 is 1.11 bits per heavy atom. The molecule has 1 aliphatic heterocycles. The Labute approximate surface area is 160 Å². The number of hydrogen-bond donors (Lipinski definition) is 0. The zero-order valence-electron chi connectivity index (χ0n) is 15.7. The highest BCUT2D eigenvalue weighted by molar-refractivity contribution is 7.91. The van der Waals surface area contributed by atoms with Gasteiger partial charge < -0.3 is 9.64 Å². The van der Waals surface area contributed by atoms with Crippen molar-refractivity contribution < 1.29 is 22.7 Å². The van der Waals surface area contributed by atoms with Crippen molar-refractivity contribution in [3.63, 3.8) is 0 Å². The van der Waals surface area contributed by atoms with Gasteiger partial charge in [0.15, 0.2) is 16.4 Å². The van der Waals surface area contributed by atoms with E-state index >= 15 is 0 Å². The number of esters is 1. The van der Waals surface area contributed by atoms with Crippen LogP contribution >= 0.6 is 0 Å². The van der Waals surface area contributed by atoms with Gasteiger partial charge in [0, 0.05) is 12.6 Å². The van der Waals surface area contributed by atoms with Crippen molar-refractivity contribution in [3.8, 4) is 0 Å². The molecule has 0 aromatic heterocycles. The molecule has 0 unspecified atom stereocenters. The minimum atomic E-state index is -3.54. The number of likely N-dealkylation sites (tertiary alicyclic amines) is 1. The molecule has 1 saturated heterocycles. The van der Waals surface area contributed by atoms with Crippen LogP contribution in [0.4, 0.5) is 0 Å². The molecule has 0 bridgehead atoms. The molecule has 1 saturated carbocycles. The molecular formula is C20H27NO5S. The number of ether oxygens (including phenoxy) is 1. The maximum atomic E-state index is 12.7. The Morgan fingerprint density at radius 2 is 1.81 bits per heavy atom. The average Bonchev–Trinajstić information content (AvgIpc) is 2.71. The Kier molecular flexibility index (Phi) is 6.19. The third kappa shape index (κ3) is 4.34. The fourth-order valence-electron chi connectivity index (χ4n) is 4.28. The van der Waals surface area contributed by atoms with Crippen LogP contribution in [0, 0.1) is 5.92 Å². The molecule has 3 rings (SSSR count). The van der Waals surface area contributed by atoms with E-state index in [0.717, 1.165) is 32.1 Å². The van der Waals surface area contributed by atoms with E-state index in [1.54, 1.807) is 12.1 Å². The van der Waals surface area contributed by atoms with Crippen molar-refractivity contribution in [2.45, 2.75) is 56.4 Å². The first-order valence-corrected chi connectivity index (χ1v) is 11.4. The van der Waals surface area contributed by atoms with Gasteiger partial charge in [-0.3, -0.25) is 4.79 Å². The van der Waals surface area contributed by atoms with Crippen LogP contribution in [-0.2, 0) is 19.4 Å². The number of carbonyl (C=O) groups excluding carboxylic acids is 2. The maximum absolute atomic E-state index is 12.7. The van der Waals surface area contributed by atoms with E-state index in [2.05, 4.69) is 0 Å². The predicted octanol–water partition coefficient (Wildman–Crippen LogP) is 2.82. The summed E-state index contributed by atoms with van der Waals surface area (Å²) in [6.45, 7) is 1.89. The van der Waals surface area contributed by atoms with Gasteiger partial charge >= 0.3 is 5.97 Å². The van der Waals surface area contributed by atoms with Gasteiger partial charge in [-0.15, -0.1) is 0 Å². The summed E-state index contributed by atoms with van der Waals surface area (Å²) in [5.74, 6) is -0.501. The van der Waals surface area contributed by atoms with Gasteiger partial charge in [-0.25, -0.2) is 13.2 Å². The van der Waals surface area contributed by atoms with Gasteiger partial charge in [-0.1, -0.05) is 31.9 Å². The molecule has 0 N–H and O–H groups in total. The third-order valence-electron chi connectivity index (χ3n) is 5.71. The number of carbonyl (C=O) groups is 2. The summed E-state index contributed by atoms with van der Waals surface area (Å²) in [4.78, 5) is 26.9. The molecule has 7 heteroatoms. The Morgan fingerprint density at radius 3 is 2.59 bits per heavy atom. The van der Waals surface area contributed by atoms with E-state index in [1.807, 2.05) is 4.90 Å². The molecular weight excluding hydrogens is 366 g/mol. The predicted molar refractivity (Wildman–Crippen MR) is 101 cm³/mol. The summed E-state index contributed by atoms with van der Waals surface area (Å²) in [7, 11) is -3.54. The molecule has 27 heavy (non-hydrogen) atoms. The van der Waals surface area contributed by atoms with Crippen molar-refractivity contribution in [2.24, 2.45) is 5.92 Å². The number of hydrogen-bond acceptors (Lipinski definition) is 5. The molecule has 148 valence electrons. The molecule has 2 fully saturated rings. The quantitative estimate of drug-likeness (QED) is 0.719. The van der Waals surface area contributed by atoms with Crippen LogP contribution in [0.25, 0.3) is 0 Å². The standard InChI is InChI=1S/C20H27NO5S/c1-2-27(24,25)18-12-6-4-10-16(18)20(23)26-14-19(22)21-13-7-9-15-8-3-5-11-17(15)21/h4,6,10,12,15,17H,2-3,5,7-9,11,13-14H2,1H3/t15-,17+/m0/s1. The largest absolute Gasteiger partial charge is 0.452 e. The number of rotatable bonds is 5. The number of amides is 1. The number of fused-ring (bicyclic) bond motifs is 1. The lowest BCUT2D eigenvalue weighted by molar-refractivity contribution is -0.140.